The van der Waals surface area contributed by atoms with Gasteiger partial charge < -0.3 is 15.2 Å². The lowest BCUT2D eigenvalue weighted by atomic mass is 9.82. The highest BCUT2D eigenvalue weighted by Gasteiger charge is 2.32. The van der Waals surface area contributed by atoms with Gasteiger partial charge in [0.25, 0.3) is 0 Å². The fourth-order valence-corrected chi connectivity index (χ4v) is 3.64. The average Bonchev–Trinajstić information content (AvgIpc) is 2.88. The van der Waals surface area contributed by atoms with E-state index in [2.05, 4.69) is 10.3 Å². The fourth-order valence-electron chi connectivity index (χ4n) is 2.51. The second-order valence-electron chi connectivity index (χ2n) is 5.10. The number of thiazole rings is 1. The van der Waals surface area contributed by atoms with Crippen LogP contribution < -0.4 is 10.4 Å². The van der Waals surface area contributed by atoms with Crippen molar-refractivity contribution in [1.82, 2.24) is 4.98 Å². The Balaban J connectivity index is 1.80. The van der Waals surface area contributed by atoms with E-state index >= 15 is 0 Å². The molecule has 0 bridgehead atoms. The number of anilines is 1. The number of nitrogens with zero attached hydrogens (tertiary/aromatic N) is 1. The number of hydrogen-bond donors (Lipinski definition) is 1. The van der Waals surface area contributed by atoms with Crippen LogP contribution in [0.4, 0.5) is 5.13 Å². The number of fused-ring (bicyclic) bond motifs is 1. The number of amides is 1. The minimum absolute atomic E-state index is 0.205. The summed E-state index contributed by atoms with van der Waals surface area (Å²) in [5, 5.41) is 14.8. The van der Waals surface area contributed by atoms with E-state index in [9.17, 15) is 14.7 Å². The van der Waals surface area contributed by atoms with Crippen LogP contribution in [-0.4, -0.2) is 16.9 Å². The Morgan fingerprint density at radius 1 is 1.32 bits per heavy atom. The van der Waals surface area contributed by atoms with E-state index in [1.54, 1.807) is 6.08 Å². The summed E-state index contributed by atoms with van der Waals surface area (Å²) in [5.41, 5.74) is 0.792. The molecule has 1 aromatic carbocycles. The van der Waals surface area contributed by atoms with Gasteiger partial charge in [-0.05, 0) is 25.0 Å². The number of carbonyl (C=O) groups excluding carboxylic acids is 2. The van der Waals surface area contributed by atoms with Gasteiger partial charge >= 0.3 is 0 Å². The van der Waals surface area contributed by atoms with Crippen LogP contribution in [0.2, 0.25) is 0 Å². The lowest BCUT2D eigenvalue weighted by molar-refractivity contribution is -0.313. The van der Waals surface area contributed by atoms with Crippen LogP contribution >= 0.6 is 22.9 Å². The normalized spacial score (nSPS) is 21.4. The smallest absolute Gasteiger partial charge is 0.230 e. The average molecular weight is 336 g/mol. The lowest BCUT2D eigenvalue weighted by Crippen LogP contribution is -2.42. The van der Waals surface area contributed by atoms with Crippen molar-refractivity contribution < 1.29 is 14.7 Å². The first kappa shape index (κ1) is 15.0. The van der Waals surface area contributed by atoms with E-state index in [4.69, 9.17) is 11.6 Å². The highest BCUT2D eigenvalue weighted by Crippen LogP contribution is 2.33. The van der Waals surface area contributed by atoms with Crippen molar-refractivity contribution in [2.24, 2.45) is 11.8 Å². The third-order valence-corrected chi connectivity index (χ3v) is 4.92. The molecule has 1 amide bonds. The van der Waals surface area contributed by atoms with Crippen molar-refractivity contribution in [1.29, 1.82) is 0 Å². The zero-order chi connectivity index (χ0) is 15.7. The number of aliphatic carboxylic acids is 1. The Hall–Kier alpha value is -1.92. The van der Waals surface area contributed by atoms with Crippen molar-refractivity contribution in [2.45, 2.75) is 12.8 Å². The highest BCUT2D eigenvalue weighted by molar-refractivity contribution is 7.22. The van der Waals surface area contributed by atoms with E-state index in [-0.39, 0.29) is 18.7 Å². The van der Waals surface area contributed by atoms with Crippen LogP contribution in [-0.2, 0) is 9.59 Å². The van der Waals surface area contributed by atoms with Gasteiger partial charge in [-0.1, -0.05) is 41.1 Å². The van der Waals surface area contributed by atoms with E-state index in [0.29, 0.717) is 10.2 Å². The van der Waals surface area contributed by atoms with Crippen LogP contribution in [0, 0.1) is 11.8 Å². The molecule has 0 saturated heterocycles. The van der Waals surface area contributed by atoms with Gasteiger partial charge in [-0.15, -0.1) is 0 Å². The number of para-hydroxylation sites is 1. The van der Waals surface area contributed by atoms with Gasteiger partial charge in [0.1, 0.15) is 0 Å². The number of allylic oxidation sites excluding steroid dienone is 2. The van der Waals surface area contributed by atoms with Gasteiger partial charge in [-0.3, -0.25) is 4.79 Å². The summed E-state index contributed by atoms with van der Waals surface area (Å²) in [6.07, 6.45) is 2.04. The molecule has 5 nitrogen and oxygen atoms in total. The summed E-state index contributed by atoms with van der Waals surface area (Å²) in [4.78, 5) is 27.9. The van der Waals surface area contributed by atoms with Crippen LogP contribution in [0.5, 0.6) is 0 Å². The molecule has 2 atom stereocenters. The minimum atomic E-state index is -1.23. The Labute approximate surface area is 135 Å². The van der Waals surface area contributed by atoms with Gasteiger partial charge in [-0.25, -0.2) is 4.98 Å². The molecule has 1 aromatic heterocycles. The lowest BCUT2D eigenvalue weighted by Gasteiger charge is -2.29. The molecule has 0 fully saturated rings. The molecule has 1 heterocycles. The molecule has 2 aromatic rings. The summed E-state index contributed by atoms with van der Waals surface area (Å²) < 4.78 is 0.954. The van der Waals surface area contributed by atoms with Gasteiger partial charge in [0.05, 0.1) is 16.1 Å². The quantitative estimate of drug-likeness (QED) is 0.931. The Kier molecular flexibility index (Phi) is 4.13. The Bertz CT molecular complexity index is 738. The Morgan fingerprint density at radius 2 is 2.09 bits per heavy atom. The molecule has 0 radical (unpaired) electrons. The van der Waals surface area contributed by atoms with Crippen LogP contribution in [0.1, 0.15) is 12.8 Å². The molecule has 0 saturated carbocycles. The molecule has 0 aliphatic heterocycles. The van der Waals surface area contributed by atoms with Crippen LogP contribution in [0.3, 0.4) is 0 Å². The number of hydrogen-bond acceptors (Lipinski definition) is 5. The summed E-state index contributed by atoms with van der Waals surface area (Å²) in [6, 6.07) is 7.52. The maximum absolute atomic E-state index is 12.4. The predicted molar refractivity (Wildman–Crippen MR) is 83.4 cm³/mol. The van der Waals surface area contributed by atoms with E-state index < -0.39 is 17.8 Å². The topological polar surface area (TPSA) is 82.1 Å². The second-order valence-corrected chi connectivity index (χ2v) is 6.61. The summed E-state index contributed by atoms with van der Waals surface area (Å²) in [6.45, 7) is 0. The third-order valence-electron chi connectivity index (χ3n) is 3.66. The zero-order valence-corrected chi connectivity index (χ0v) is 13.0. The molecule has 1 N–H and O–H groups in total. The molecular formula is C15H12ClN2O3S-. The predicted octanol–water partition coefficient (Wildman–Crippen LogP) is 2.13. The first-order valence-electron chi connectivity index (χ1n) is 6.76. The molecule has 1 aliphatic carbocycles. The molecule has 0 unspecified atom stereocenters. The Morgan fingerprint density at radius 3 is 2.82 bits per heavy atom. The number of rotatable bonds is 3. The van der Waals surface area contributed by atoms with Crippen molar-refractivity contribution in [3.05, 3.63) is 35.4 Å². The number of carboxylic acid groups (broad SMARTS) is 1. The molecule has 1 aliphatic rings. The SMILES string of the molecule is O=C([O-])[C@H]1CC=C(Cl)C[C@@H]1C(=O)Nc1nc2ccccc2s1. The monoisotopic (exact) mass is 335 g/mol. The first-order valence-corrected chi connectivity index (χ1v) is 7.96. The standard InChI is InChI=1S/C15H13ClN2O3S/c16-8-5-6-9(14(20)21)10(7-8)13(19)18-15-17-11-3-1-2-4-12(11)22-15/h1-5,9-10H,6-7H2,(H,20,21)(H,17,18,19)/p-1/t9-,10-/m0/s1. The van der Waals surface area contributed by atoms with Gasteiger partial charge in [-0.2, -0.15) is 0 Å². The van der Waals surface area contributed by atoms with E-state index in [1.807, 2.05) is 24.3 Å². The van der Waals surface area contributed by atoms with Gasteiger partial charge in [0, 0.05) is 16.9 Å². The maximum Gasteiger partial charge on any atom is 0.230 e. The number of carboxylic acids is 1. The van der Waals surface area contributed by atoms with Crippen molar-refractivity contribution in [2.75, 3.05) is 5.32 Å². The summed E-state index contributed by atoms with van der Waals surface area (Å²) >= 11 is 7.29. The largest absolute Gasteiger partial charge is 0.550 e. The minimum Gasteiger partial charge on any atom is -0.550 e. The number of aromatic nitrogens is 1. The van der Waals surface area contributed by atoms with Crippen molar-refractivity contribution in [3.8, 4) is 0 Å². The number of halogens is 1. The van der Waals surface area contributed by atoms with E-state index in [0.717, 1.165) is 10.2 Å². The molecule has 3 rings (SSSR count). The highest BCUT2D eigenvalue weighted by atomic mass is 35.5. The van der Waals surface area contributed by atoms with Gasteiger partial charge in [0.15, 0.2) is 5.13 Å². The molecule has 0 spiro atoms. The summed E-state index contributed by atoms with van der Waals surface area (Å²) in [5.74, 6) is -3.23. The summed E-state index contributed by atoms with van der Waals surface area (Å²) in [7, 11) is 0. The number of carbonyl (C=O) groups is 2. The molecular weight excluding hydrogens is 324 g/mol. The second kappa shape index (κ2) is 6.06. The van der Waals surface area contributed by atoms with Gasteiger partial charge in [0.2, 0.25) is 5.91 Å². The first-order chi connectivity index (χ1) is 10.5. The molecule has 114 valence electrons. The molecule has 22 heavy (non-hydrogen) atoms. The fraction of sp³-hybridized carbons (Fsp3) is 0.267. The third kappa shape index (κ3) is 2.98. The number of nitrogens with one attached hydrogen (secondary N) is 1. The maximum atomic E-state index is 12.4. The number of benzene rings is 1. The zero-order valence-electron chi connectivity index (χ0n) is 11.4. The van der Waals surface area contributed by atoms with Crippen LogP contribution in [0.25, 0.3) is 10.2 Å². The van der Waals surface area contributed by atoms with Crippen LogP contribution in [0.15, 0.2) is 35.4 Å². The van der Waals surface area contributed by atoms with E-state index in [1.165, 1.54) is 11.3 Å². The van der Waals surface area contributed by atoms with Crippen molar-refractivity contribution in [3.63, 3.8) is 0 Å². The molecule has 7 heteroatoms. The van der Waals surface area contributed by atoms with Crippen molar-refractivity contribution >= 4 is 50.2 Å².